The lowest BCUT2D eigenvalue weighted by atomic mass is 9.82. The molecule has 1 saturated carbocycles. The number of aliphatic hydroxyl groups excluding tert-OH is 5. The van der Waals surface area contributed by atoms with Gasteiger partial charge in [0, 0.05) is 0 Å². The van der Waals surface area contributed by atoms with Crippen LogP contribution in [0.3, 0.4) is 0 Å². The summed E-state index contributed by atoms with van der Waals surface area (Å²) in [6, 6.07) is 0. The number of epoxide rings is 1. The summed E-state index contributed by atoms with van der Waals surface area (Å²) in [6.45, 7) is 1.11. The largest absolute Gasteiger partial charge is 0.472 e. The maximum atomic E-state index is 10.8. The number of ether oxygens (including phenoxy) is 4. The van der Waals surface area contributed by atoms with Crippen LogP contribution in [0.25, 0.3) is 0 Å². The molecule has 4 rings (SSSR count). The van der Waals surface area contributed by atoms with Gasteiger partial charge in [-0.25, -0.2) is 0 Å². The van der Waals surface area contributed by atoms with E-state index in [1.54, 1.807) is 6.92 Å². The average molecular weight is 362 g/mol. The van der Waals surface area contributed by atoms with E-state index in [2.05, 4.69) is 0 Å². The molecule has 3 heterocycles. The molecule has 8 unspecified atom stereocenters. The maximum absolute atomic E-state index is 10.8. The lowest BCUT2D eigenvalue weighted by Gasteiger charge is -2.45. The zero-order valence-electron chi connectivity index (χ0n) is 13.4. The molecule has 2 saturated heterocycles. The van der Waals surface area contributed by atoms with Crippen molar-refractivity contribution in [2.24, 2.45) is 5.92 Å². The number of rotatable bonds is 3. The first kappa shape index (κ1) is 17.6. The molecule has 0 amide bonds. The Morgan fingerprint density at radius 3 is 2.48 bits per heavy atom. The molecule has 0 radical (unpaired) electrons. The molecule has 0 aromatic heterocycles. The van der Waals surface area contributed by atoms with Gasteiger partial charge in [0.25, 0.3) is 0 Å². The highest BCUT2D eigenvalue weighted by Gasteiger charge is 2.79. The van der Waals surface area contributed by atoms with Gasteiger partial charge < -0.3 is 49.6 Å². The van der Waals surface area contributed by atoms with Crippen LogP contribution in [0, 0.1) is 5.92 Å². The van der Waals surface area contributed by atoms with Gasteiger partial charge in [-0.2, -0.15) is 0 Å². The summed E-state index contributed by atoms with van der Waals surface area (Å²) in [6.07, 6.45) is -7.63. The van der Waals surface area contributed by atoms with E-state index in [1.807, 2.05) is 0 Å². The summed E-state index contributed by atoms with van der Waals surface area (Å²) in [5.74, 6) is -0.808. The van der Waals surface area contributed by atoms with Crippen molar-refractivity contribution in [1.82, 2.24) is 0 Å². The molecule has 1 aliphatic carbocycles. The third-order valence-corrected chi connectivity index (χ3v) is 5.70. The monoisotopic (exact) mass is 362 g/mol. The van der Waals surface area contributed by atoms with Gasteiger partial charge in [-0.05, 0) is 13.0 Å². The first-order valence-corrected chi connectivity index (χ1v) is 8.11. The predicted molar refractivity (Wildman–Crippen MR) is 76.6 cm³/mol. The Kier molecular flexibility index (Phi) is 3.93. The second-order valence-electron chi connectivity index (χ2n) is 7.17. The van der Waals surface area contributed by atoms with Crippen molar-refractivity contribution in [2.75, 3.05) is 6.61 Å². The van der Waals surface area contributed by atoms with Gasteiger partial charge in [-0.3, -0.25) is 0 Å². The van der Waals surface area contributed by atoms with E-state index in [-0.39, 0.29) is 0 Å². The topological polar surface area (TPSA) is 162 Å². The summed E-state index contributed by atoms with van der Waals surface area (Å²) in [7, 11) is 0. The fourth-order valence-electron chi connectivity index (χ4n) is 4.17. The third-order valence-electron chi connectivity index (χ3n) is 5.70. The lowest BCUT2D eigenvalue weighted by Crippen LogP contribution is -2.61. The fraction of sp³-hybridized carbons (Fsp3) is 0.867. The van der Waals surface area contributed by atoms with Crippen LogP contribution in [0.15, 0.2) is 12.3 Å². The Balaban J connectivity index is 1.56. The van der Waals surface area contributed by atoms with Gasteiger partial charge in [0.05, 0.1) is 18.8 Å². The van der Waals surface area contributed by atoms with E-state index < -0.39 is 72.9 Å². The smallest absolute Gasteiger partial charge is 0.210 e. The summed E-state index contributed by atoms with van der Waals surface area (Å²) in [5, 5.41) is 60.0. The minimum atomic E-state index is -1.63. The Morgan fingerprint density at radius 1 is 1.08 bits per heavy atom. The van der Waals surface area contributed by atoms with Crippen LogP contribution in [-0.4, -0.2) is 97.7 Å². The van der Waals surface area contributed by atoms with Gasteiger partial charge in [0.2, 0.25) is 6.29 Å². The molecule has 4 aliphatic rings. The molecule has 25 heavy (non-hydrogen) atoms. The summed E-state index contributed by atoms with van der Waals surface area (Å²) in [5.41, 5.74) is -2.51. The van der Waals surface area contributed by atoms with E-state index in [0.29, 0.717) is 0 Å². The number of hydrogen-bond donors (Lipinski definition) is 6. The zero-order valence-corrected chi connectivity index (χ0v) is 13.4. The van der Waals surface area contributed by atoms with Crippen molar-refractivity contribution in [3.05, 3.63) is 12.3 Å². The highest BCUT2D eigenvalue weighted by molar-refractivity contribution is 5.31. The molecule has 11 atom stereocenters. The first-order chi connectivity index (χ1) is 11.7. The number of aliphatic hydroxyl groups is 6. The molecule has 6 N–H and O–H groups in total. The molecule has 0 aromatic carbocycles. The molecular weight excluding hydrogens is 340 g/mol. The molecule has 10 nitrogen and oxygen atoms in total. The van der Waals surface area contributed by atoms with Gasteiger partial charge in [0.15, 0.2) is 6.29 Å². The minimum absolute atomic E-state index is 0.574. The van der Waals surface area contributed by atoms with Crippen LogP contribution in [0.4, 0.5) is 0 Å². The van der Waals surface area contributed by atoms with Gasteiger partial charge >= 0.3 is 0 Å². The van der Waals surface area contributed by atoms with E-state index >= 15 is 0 Å². The number of fused-ring (bicyclic) bond motifs is 3. The van der Waals surface area contributed by atoms with Crippen LogP contribution in [0.1, 0.15) is 6.92 Å². The van der Waals surface area contributed by atoms with Crippen LogP contribution >= 0.6 is 0 Å². The summed E-state index contributed by atoms with van der Waals surface area (Å²) < 4.78 is 21.8. The highest BCUT2D eigenvalue weighted by Crippen LogP contribution is 2.61. The second-order valence-corrected chi connectivity index (χ2v) is 7.17. The SMILES string of the molecule is C[C@]12OC1C(O)[C@]1(O)C=COC(OC3OC(CO)C(O)C(O)C3O)[C@@H]12. The summed E-state index contributed by atoms with van der Waals surface area (Å²) >= 11 is 0. The van der Waals surface area contributed by atoms with Gasteiger partial charge in [0.1, 0.15) is 47.8 Å². The maximum Gasteiger partial charge on any atom is 0.210 e. The van der Waals surface area contributed by atoms with E-state index in [0.717, 1.165) is 0 Å². The quantitative estimate of drug-likeness (QED) is 0.278. The molecule has 0 aromatic rings. The Morgan fingerprint density at radius 2 is 1.80 bits per heavy atom. The van der Waals surface area contributed by atoms with Crippen molar-refractivity contribution in [2.45, 2.75) is 67.3 Å². The van der Waals surface area contributed by atoms with Crippen molar-refractivity contribution in [3.63, 3.8) is 0 Å². The first-order valence-electron chi connectivity index (χ1n) is 8.11. The van der Waals surface area contributed by atoms with Crippen molar-refractivity contribution >= 4 is 0 Å². The molecule has 142 valence electrons. The van der Waals surface area contributed by atoms with E-state index in [9.17, 15) is 30.6 Å². The molecule has 3 aliphatic heterocycles. The van der Waals surface area contributed by atoms with E-state index in [4.69, 9.17) is 18.9 Å². The van der Waals surface area contributed by atoms with E-state index in [1.165, 1.54) is 12.3 Å². The average Bonchev–Trinajstić information content (AvgIpc) is 3.22. The highest BCUT2D eigenvalue weighted by atomic mass is 16.8. The van der Waals surface area contributed by atoms with Crippen LogP contribution in [0.5, 0.6) is 0 Å². The Hall–Kier alpha value is -0.820. The molecule has 0 spiro atoms. The fourth-order valence-corrected chi connectivity index (χ4v) is 4.17. The molecular formula is C15H22O10. The molecule has 0 bridgehead atoms. The zero-order chi connectivity index (χ0) is 18.1. The van der Waals surface area contributed by atoms with Crippen molar-refractivity contribution < 1.29 is 49.6 Å². The van der Waals surface area contributed by atoms with Crippen LogP contribution in [-0.2, 0) is 18.9 Å². The molecule has 10 heteroatoms. The van der Waals surface area contributed by atoms with Crippen LogP contribution in [0.2, 0.25) is 0 Å². The summed E-state index contributed by atoms with van der Waals surface area (Å²) in [4.78, 5) is 0. The normalized spacial score (nSPS) is 59.9. The van der Waals surface area contributed by atoms with Crippen molar-refractivity contribution in [3.8, 4) is 0 Å². The Bertz CT molecular complexity index is 569. The molecule has 3 fully saturated rings. The second kappa shape index (κ2) is 5.59. The van der Waals surface area contributed by atoms with Gasteiger partial charge in [-0.15, -0.1) is 0 Å². The van der Waals surface area contributed by atoms with Gasteiger partial charge in [-0.1, -0.05) is 0 Å². The van der Waals surface area contributed by atoms with Crippen molar-refractivity contribution in [1.29, 1.82) is 0 Å². The minimum Gasteiger partial charge on any atom is -0.472 e. The lowest BCUT2D eigenvalue weighted by molar-refractivity contribution is -0.349. The van der Waals surface area contributed by atoms with Crippen LogP contribution < -0.4 is 0 Å². The standard InChI is InChI=1S/C15H22O10/c1-14-9-13(22-3-2-15(9,21)10(20)11(14)25-14)24-12-8(19)7(18)6(17)5(4-16)23-12/h2-3,5-13,16-21H,4H2,1H3/t5?,6?,7?,8?,9-,10?,11?,12?,13?,14-,15+/m1/s1. The predicted octanol–water partition coefficient (Wildman–Crippen LogP) is -3.45. The third kappa shape index (κ3) is 2.30. The Labute approximate surface area is 142 Å². The number of hydrogen-bond acceptors (Lipinski definition) is 10.